The van der Waals surface area contributed by atoms with Crippen LogP contribution in [-0.4, -0.2) is 68.2 Å². The molecule has 1 unspecified atom stereocenters. The Morgan fingerprint density at radius 1 is 1.03 bits per heavy atom. The summed E-state index contributed by atoms with van der Waals surface area (Å²) >= 11 is 0. The quantitative estimate of drug-likeness (QED) is 0.322. The zero-order chi connectivity index (χ0) is 26.8. The van der Waals surface area contributed by atoms with Crippen LogP contribution in [0, 0.1) is 5.41 Å². The molecule has 10 nitrogen and oxygen atoms in total. The van der Waals surface area contributed by atoms with Crippen LogP contribution in [0.3, 0.4) is 0 Å². The summed E-state index contributed by atoms with van der Waals surface area (Å²) in [6, 6.07) is 5.87. The summed E-state index contributed by atoms with van der Waals surface area (Å²) in [4.78, 5) is 28.9. The molecule has 2 saturated heterocycles. The monoisotopic (exact) mass is 528 g/mol. The van der Waals surface area contributed by atoms with Gasteiger partial charge in [-0.2, -0.15) is 5.10 Å². The van der Waals surface area contributed by atoms with Crippen molar-refractivity contribution in [2.45, 2.75) is 83.3 Å². The lowest BCUT2D eigenvalue weighted by atomic mass is 9.74. The summed E-state index contributed by atoms with van der Waals surface area (Å²) in [5.74, 6) is -0.0345. The molecule has 4 rings (SSSR count). The smallest absolute Gasteiger partial charge is 0.407 e. The molecule has 2 aromatic rings. The van der Waals surface area contributed by atoms with Crippen molar-refractivity contribution < 1.29 is 29.3 Å². The average molecular weight is 529 g/mol. The van der Waals surface area contributed by atoms with Gasteiger partial charge in [-0.1, -0.05) is 32.1 Å². The Labute approximate surface area is 224 Å². The lowest BCUT2D eigenvalue weighted by molar-refractivity contribution is -0.152. The number of ether oxygens (including phenoxy) is 2. The number of likely N-dealkylation sites (tertiary alicyclic amines) is 1. The van der Waals surface area contributed by atoms with Crippen LogP contribution in [-0.2, 0) is 9.53 Å². The standard InChI is InChI=1S/C28H40N4O6/c33-26(34)28(14-17-31(18-15-28)27(35)36)13-6-3-1-2-4-7-19-37-22-10-11-23(29-21-22)24-12-16-30-32(24)25-9-5-8-20-38-25/h10-12,16,21,25H,1-9,13-15,17-20H2,(H,33,34)(H,35,36). The van der Waals surface area contributed by atoms with E-state index in [-0.39, 0.29) is 6.23 Å². The molecule has 0 bridgehead atoms. The van der Waals surface area contributed by atoms with Crippen molar-refractivity contribution in [3.63, 3.8) is 0 Å². The van der Waals surface area contributed by atoms with E-state index < -0.39 is 17.5 Å². The van der Waals surface area contributed by atoms with Crippen molar-refractivity contribution in [1.82, 2.24) is 19.7 Å². The van der Waals surface area contributed by atoms with Crippen molar-refractivity contribution >= 4 is 12.1 Å². The van der Waals surface area contributed by atoms with Crippen LogP contribution in [0.15, 0.2) is 30.6 Å². The number of aromatic nitrogens is 3. The Morgan fingerprint density at radius 2 is 1.79 bits per heavy atom. The highest BCUT2D eigenvalue weighted by molar-refractivity contribution is 5.75. The number of piperidine rings is 1. The Balaban J connectivity index is 1.09. The predicted octanol–water partition coefficient (Wildman–Crippen LogP) is 5.60. The lowest BCUT2D eigenvalue weighted by Gasteiger charge is -2.37. The Morgan fingerprint density at radius 3 is 2.45 bits per heavy atom. The molecule has 10 heteroatoms. The molecule has 0 spiro atoms. The number of unbranched alkanes of at least 4 members (excludes halogenated alkanes) is 5. The number of rotatable bonds is 13. The van der Waals surface area contributed by atoms with E-state index in [9.17, 15) is 14.7 Å². The summed E-state index contributed by atoms with van der Waals surface area (Å²) in [6.45, 7) is 2.02. The van der Waals surface area contributed by atoms with Crippen LogP contribution in [0.2, 0.25) is 0 Å². The first kappa shape index (κ1) is 27.9. The Bertz CT molecular complexity index is 1030. The van der Waals surface area contributed by atoms with Crippen LogP contribution >= 0.6 is 0 Å². The highest BCUT2D eigenvalue weighted by Gasteiger charge is 2.41. The van der Waals surface area contributed by atoms with Crippen molar-refractivity contribution in [1.29, 1.82) is 0 Å². The SMILES string of the molecule is O=C(O)N1CCC(CCCCCCCCOc2ccc(-c3ccnn3C3CCCCO3)nc2)(C(=O)O)CC1. The minimum atomic E-state index is -0.963. The van der Waals surface area contributed by atoms with Gasteiger partial charge in [0.2, 0.25) is 0 Å². The van der Waals surface area contributed by atoms with E-state index >= 15 is 0 Å². The molecular formula is C28H40N4O6. The second-order valence-corrected chi connectivity index (χ2v) is 10.4. The number of nitrogens with zero attached hydrogens (tertiary/aromatic N) is 4. The van der Waals surface area contributed by atoms with E-state index in [0.29, 0.717) is 39.0 Å². The molecule has 0 aromatic carbocycles. The van der Waals surface area contributed by atoms with Crippen LogP contribution in [0.5, 0.6) is 5.75 Å². The number of carboxylic acid groups (broad SMARTS) is 2. The Kier molecular flexibility index (Phi) is 9.98. The van der Waals surface area contributed by atoms with Gasteiger partial charge in [-0.05, 0) is 63.1 Å². The van der Waals surface area contributed by atoms with Crippen LogP contribution in [0.4, 0.5) is 4.79 Å². The van der Waals surface area contributed by atoms with Crippen molar-refractivity contribution in [3.05, 3.63) is 30.6 Å². The first-order chi connectivity index (χ1) is 18.5. The number of aliphatic carboxylic acids is 1. The topological polar surface area (TPSA) is 127 Å². The second kappa shape index (κ2) is 13.6. The zero-order valence-corrected chi connectivity index (χ0v) is 22.1. The summed E-state index contributed by atoms with van der Waals surface area (Å²) in [7, 11) is 0. The molecule has 38 heavy (non-hydrogen) atoms. The van der Waals surface area contributed by atoms with Crippen molar-refractivity contribution in [2.75, 3.05) is 26.3 Å². The number of carboxylic acids is 1. The molecule has 4 heterocycles. The number of amides is 1. The van der Waals surface area contributed by atoms with E-state index in [2.05, 4.69) is 10.1 Å². The lowest BCUT2D eigenvalue weighted by Crippen LogP contribution is -2.46. The third-order valence-electron chi connectivity index (χ3n) is 7.86. The summed E-state index contributed by atoms with van der Waals surface area (Å²) in [6.07, 6.45) is 13.2. The van der Waals surface area contributed by atoms with Gasteiger partial charge in [-0.15, -0.1) is 0 Å². The minimum Gasteiger partial charge on any atom is -0.492 e. The first-order valence-electron chi connectivity index (χ1n) is 13.9. The second-order valence-electron chi connectivity index (χ2n) is 10.4. The van der Waals surface area contributed by atoms with E-state index in [1.807, 2.05) is 22.9 Å². The normalized spacial score (nSPS) is 19.3. The molecule has 208 valence electrons. The Hall–Kier alpha value is -3.14. The number of pyridine rings is 1. The summed E-state index contributed by atoms with van der Waals surface area (Å²) in [5.41, 5.74) is 1.02. The fraction of sp³-hybridized carbons (Fsp3) is 0.643. The molecular weight excluding hydrogens is 488 g/mol. The highest BCUT2D eigenvalue weighted by atomic mass is 16.5. The highest BCUT2D eigenvalue weighted by Crippen LogP contribution is 2.37. The number of hydrogen-bond acceptors (Lipinski definition) is 6. The van der Waals surface area contributed by atoms with E-state index in [4.69, 9.17) is 14.6 Å². The maximum Gasteiger partial charge on any atom is 0.407 e. The third kappa shape index (κ3) is 7.24. The van der Waals surface area contributed by atoms with Gasteiger partial charge in [0, 0.05) is 25.9 Å². The summed E-state index contributed by atoms with van der Waals surface area (Å²) < 4.78 is 13.7. The van der Waals surface area contributed by atoms with Gasteiger partial charge in [0.05, 0.1) is 29.6 Å². The van der Waals surface area contributed by atoms with Gasteiger partial charge in [0.15, 0.2) is 6.23 Å². The van der Waals surface area contributed by atoms with Gasteiger partial charge in [0.1, 0.15) is 5.75 Å². The largest absolute Gasteiger partial charge is 0.492 e. The minimum absolute atomic E-state index is 0.0261. The maximum atomic E-state index is 11.9. The fourth-order valence-corrected chi connectivity index (χ4v) is 5.44. The maximum absolute atomic E-state index is 11.9. The van der Waals surface area contributed by atoms with Gasteiger partial charge in [-0.3, -0.25) is 9.78 Å². The van der Waals surface area contributed by atoms with Crippen molar-refractivity contribution in [2.24, 2.45) is 5.41 Å². The van der Waals surface area contributed by atoms with Crippen LogP contribution < -0.4 is 4.74 Å². The molecule has 0 aliphatic carbocycles. The van der Waals surface area contributed by atoms with Gasteiger partial charge >= 0.3 is 12.1 Å². The summed E-state index contributed by atoms with van der Waals surface area (Å²) in [5, 5.41) is 23.3. The van der Waals surface area contributed by atoms with Gasteiger partial charge in [0.25, 0.3) is 0 Å². The zero-order valence-electron chi connectivity index (χ0n) is 22.1. The number of carbonyl (C=O) groups is 2. The molecule has 1 atom stereocenters. The number of hydrogen-bond donors (Lipinski definition) is 2. The molecule has 0 radical (unpaired) electrons. The van der Waals surface area contributed by atoms with E-state index in [0.717, 1.165) is 81.5 Å². The molecule has 2 aliphatic rings. The molecule has 0 saturated carbocycles. The van der Waals surface area contributed by atoms with Gasteiger partial charge in [-0.25, -0.2) is 9.48 Å². The predicted molar refractivity (Wildman–Crippen MR) is 141 cm³/mol. The van der Waals surface area contributed by atoms with Crippen molar-refractivity contribution in [3.8, 4) is 17.1 Å². The first-order valence-corrected chi connectivity index (χ1v) is 13.9. The van der Waals surface area contributed by atoms with E-state index in [1.165, 1.54) is 4.90 Å². The molecule has 2 aromatic heterocycles. The molecule has 2 fully saturated rings. The third-order valence-corrected chi connectivity index (χ3v) is 7.86. The van der Waals surface area contributed by atoms with E-state index in [1.54, 1.807) is 12.4 Å². The average Bonchev–Trinajstić information content (AvgIpc) is 3.43. The van der Waals surface area contributed by atoms with Gasteiger partial charge < -0.3 is 24.6 Å². The molecule has 1 amide bonds. The van der Waals surface area contributed by atoms with Crippen LogP contribution in [0.25, 0.3) is 11.4 Å². The van der Waals surface area contributed by atoms with Crippen LogP contribution in [0.1, 0.15) is 83.3 Å². The molecule has 2 aliphatic heterocycles. The fourth-order valence-electron chi connectivity index (χ4n) is 5.44. The molecule has 2 N–H and O–H groups in total.